The van der Waals surface area contributed by atoms with Gasteiger partial charge in [0.15, 0.2) is 10.9 Å². The van der Waals surface area contributed by atoms with Crippen molar-refractivity contribution in [2.24, 2.45) is 0 Å². The normalized spacial score (nSPS) is 18.8. The van der Waals surface area contributed by atoms with E-state index < -0.39 is 0 Å². The molecule has 2 aliphatic rings. The number of nitrogens with one attached hydrogen (secondary N) is 1. The van der Waals surface area contributed by atoms with Crippen molar-refractivity contribution < 1.29 is 9.53 Å². The van der Waals surface area contributed by atoms with Gasteiger partial charge in [0, 0.05) is 32.5 Å². The maximum Gasteiger partial charge on any atom is 0.170 e. The molecule has 1 spiro atoms. The first-order chi connectivity index (χ1) is 11.5. The number of aryl methyl sites for hydroxylation is 1. The lowest BCUT2D eigenvalue weighted by Crippen LogP contribution is -2.54. The first-order valence-electron chi connectivity index (χ1n) is 8.42. The Balaban J connectivity index is 1.75. The maximum absolute atomic E-state index is 12.6. The summed E-state index contributed by atoms with van der Waals surface area (Å²) in [5.74, 6) is 0.979. The molecule has 1 aromatic rings. The summed E-state index contributed by atoms with van der Waals surface area (Å²) >= 11 is 5.41. The standard InChI is InChI=1S/C19H24N2O2S/c1-4-9-20-18(24)21-10-7-19(8-11-21)12-16(22)15-6-5-13(2)14(3)17(15)23-19/h4-6H,1,7-12H2,2-3H3,(H,20,24). The average Bonchev–Trinajstić information content (AvgIpc) is 2.57. The quantitative estimate of drug-likeness (QED) is 0.659. The SMILES string of the molecule is C=CCNC(=S)N1CCC2(CC1)CC(=O)c1ccc(C)c(C)c1O2. The van der Waals surface area contributed by atoms with Crippen molar-refractivity contribution in [3.63, 3.8) is 0 Å². The van der Waals surface area contributed by atoms with Gasteiger partial charge in [-0.1, -0.05) is 12.1 Å². The van der Waals surface area contributed by atoms with Crippen LogP contribution in [0, 0.1) is 13.8 Å². The summed E-state index contributed by atoms with van der Waals surface area (Å²) in [5.41, 5.74) is 2.58. The maximum atomic E-state index is 12.6. The molecule has 1 fully saturated rings. The van der Waals surface area contributed by atoms with Crippen LogP contribution >= 0.6 is 12.2 Å². The fourth-order valence-corrected chi connectivity index (χ4v) is 3.71. The monoisotopic (exact) mass is 344 g/mol. The van der Waals surface area contributed by atoms with Crippen LogP contribution in [-0.2, 0) is 0 Å². The van der Waals surface area contributed by atoms with E-state index in [0.717, 1.165) is 53.5 Å². The molecule has 0 bridgehead atoms. The van der Waals surface area contributed by atoms with Crippen LogP contribution in [0.5, 0.6) is 5.75 Å². The molecule has 24 heavy (non-hydrogen) atoms. The van der Waals surface area contributed by atoms with Crippen LogP contribution in [0.15, 0.2) is 24.8 Å². The second-order valence-electron chi connectivity index (χ2n) is 6.73. The molecule has 1 N–H and O–H groups in total. The van der Waals surface area contributed by atoms with E-state index in [2.05, 4.69) is 23.7 Å². The van der Waals surface area contributed by atoms with Gasteiger partial charge in [0.1, 0.15) is 11.4 Å². The highest BCUT2D eigenvalue weighted by molar-refractivity contribution is 7.80. The Morgan fingerprint density at radius 2 is 2.12 bits per heavy atom. The molecule has 0 saturated carbocycles. The van der Waals surface area contributed by atoms with E-state index >= 15 is 0 Å². The Morgan fingerprint density at radius 3 is 2.79 bits per heavy atom. The van der Waals surface area contributed by atoms with E-state index in [1.165, 1.54) is 0 Å². The van der Waals surface area contributed by atoms with E-state index in [1.807, 2.05) is 19.1 Å². The second-order valence-corrected chi connectivity index (χ2v) is 7.12. The summed E-state index contributed by atoms with van der Waals surface area (Å²) in [5, 5.41) is 3.92. The number of hydrogen-bond acceptors (Lipinski definition) is 3. The smallest absolute Gasteiger partial charge is 0.170 e. The van der Waals surface area contributed by atoms with Gasteiger partial charge in [0.25, 0.3) is 0 Å². The molecule has 1 saturated heterocycles. The Hall–Kier alpha value is -1.88. The molecule has 0 aromatic heterocycles. The summed E-state index contributed by atoms with van der Waals surface area (Å²) in [4.78, 5) is 14.8. The largest absolute Gasteiger partial charge is 0.486 e. The van der Waals surface area contributed by atoms with Crippen LogP contribution in [-0.4, -0.2) is 41.0 Å². The Labute approximate surface area is 148 Å². The predicted octanol–water partition coefficient (Wildman–Crippen LogP) is 3.16. The van der Waals surface area contributed by atoms with Crippen molar-refractivity contribution in [1.82, 2.24) is 10.2 Å². The average molecular weight is 344 g/mol. The number of likely N-dealkylation sites (tertiary alicyclic amines) is 1. The number of fused-ring (bicyclic) bond motifs is 1. The van der Waals surface area contributed by atoms with Gasteiger partial charge >= 0.3 is 0 Å². The minimum absolute atomic E-state index is 0.195. The molecule has 0 radical (unpaired) electrons. The summed E-state index contributed by atoms with van der Waals surface area (Å²) in [6.07, 6.45) is 3.87. The van der Waals surface area contributed by atoms with Gasteiger partial charge in [0.05, 0.1) is 12.0 Å². The molecule has 2 heterocycles. The molecule has 3 rings (SSSR count). The molecule has 2 aliphatic heterocycles. The molecule has 4 nitrogen and oxygen atoms in total. The highest BCUT2D eigenvalue weighted by Gasteiger charge is 2.43. The van der Waals surface area contributed by atoms with Gasteiger partial charge in [-0.05, 0) is 43.3 Å². The van der Waals surface area contributed by atoms with Crippen molar-refractivity contribution in [2.75, 3.05) is 19.6 Å². The van der Waals surface area contributed by atoms with Crippen molar-refractivity contribution >= 4 is 23.1 Å². The van der Waals surface area contributed by atoms with Gasteiger partial charge < -0.3 is 15.0 Å². The third-order valence-electron chi connectivity index (χ3n) is 5.14. The number of ketones is 1. The van der Waals surface area contributed by atoms with Crippen LogP contribution in [0.25, 0.3) is 0 Å². The van der Waals surface area contributed by atoms with E-state index in [0.29, 0.717) is 13.0 Å². The first-order valence-corrected chi connectivity index (χ1v) is 8.83. The number of rotatable bonds is 2. The number of ether oxygens (including phenoxy) is 1. The van der Waals surface area contributed by atoms with Crippen molar-refractivity contribution in [3.05, 3.63) is 41.5 Å². The van der Waals surface area contributed by atoms with Crippen molar-refractivity contribution in [3.8, 4) is 5.75 Å². The fraction of sp³-hybridized carbons (Fsp3) is 0.474. The number of hydrogen-bond donors (Lipinski definition) is 1. The van der Waals surface area contributed by atoms with Gasteiger partial charge in [-0.25, -0.2) is 0 Å². The zero-order valence-electron chi connectivity index (χ0n) is 14.4. The molecular weight excluding hydrogens is 320 g/mol. The summed E-state index contributed by atoms with van der Waals surface area (Å²) in [6.45, 7) is 10.0. The van der Waals surface area contributed by atoms with E-state index in [1.54, 1.807) is 6.08 Å². The molecule has 0 atom stereocenters. The van der Waals surface area contributed by atoms with Crippen LogP contribution < -0.4 is 10.1 Å². The summed E-state index contributed by atoms with van der Waals surface area (Å²) in [7, 11) is 0. The third-order valence-corrected chi connectivity index (χ3v) is 5.54. The first kappa shape index (κ1) is 17.0. The molecule has 0 unspecified atom stereocenters. The van der Waals surface area contributed by atoms with Gasteiger partial charge in [-0.15, -0.1) is 6.58 Å². The molecule has 0 amide bonds. The summed E-state index contributed by atoms with van der Waals surface area (Å²) < 4.78 is 6.42. The number of nitrogens with zero attached hydrogens (tertiary/aromatic N) is 1. The van der Waals surface area contributed by atoms with E-state index in [9.17, 15) is 4.79 Å². The van der Waals surface area contributed by atoms with Crippen LogP contribution in [0.4, 0.5) is 0 Å². The third kappa shape index (κ3) is 3.05. The zero-order valence-corrected chi connectivity index (χ0v) is 15.2. The summed E-state index contributed by atoms with van der Waals surface area (Å²) in [6, 6.07) is 3.90. The van der Waals surface area contributed by atoms with Crippen molar-refractivity contribution in [1.29, 1.82) is 0 Å². The number of piperidine rings is 1. The number of benzene rings is 1. The lowest BCUT2D eigenvalue weighted by atomic mass is 9.81. The van der Waals surface area contributed by atoms with E-state index in [-0.39, 0.29) is 11.4 Å². The minimum Gasteiger partial charge on any atom is -0.486 e. The topological polar surface area (TPSA) is 41.6 Å². The van der Waals surface area contributed by atoms with Crippen molar-refractivity contribution in [2.45, 2.75) is 38.7 Å². The number of carbonyl (C=O) groups excluding carboxylic acids is 1. The fourth-order valence-electron chi connectivity index (χ4n) is 3.45. The van der Waals surface area contributed by atoms with Crippen LogP contribution in [0.3, 0.4) is 0 Å². The Morgan fingerprint density at radius 1 is 1.42 bits per heavy atom. The van der Waals surface area contributed by atoms with Crippen LogP contribution in [0.2, 0.25) is 0 Å². The zero-order chi connectivity index (χ0) is 17.3. The number of carbonyl (C=O) groups is 1. The number of thiocarbonyl (C=S) groups is 1. The predicted molar refractivity (Wildman–Crippen MR) is 99.8 cm³/mol. The molecule has 1 aromatic carbocycles. The highest BCUT2D eigenvalue weighted by atomic mass is 32.1. The lowest BCUT2D eigenvalue weighted by Gasteiger charge is -2.45. The lowest BCUT2D eigenvalue weighted by molar-refractivity contribution is 0.00305. The van der Waals surface area contributed by atoms with Gasteiger partial charge in [-0.2, -0.15) is 0 Å². The molecule has 0 aliphatic carbocycles. The van der Waals surface area contributed by atoms with Gasteiger partial charge in [0.2, 0.25) is 0 Å². The minimum atomic E-state index is -0.382. The molecule has 128 valence electrons. The van der Waals surface area contributed by atoms with Crippen LogP contribution in [0.1, 0.15) is 40.7 Å². The Kier molecular flexibility index (Phi) is 4.63. The Bertz CT molecular complexity index is 691. The highest BCUT2D eigenvalue weighted by Crippen LogP contribution is 2.41. The number of Topliss-reactive ketones (excluding diaryl/α,β-unsaturated/α-hetero) is 1. The molecule has 5 heteroatoms. The molecular formula is C19H24N2O2S. The second kappa shape index (κ2) is 6.55. The van der Waals surface area contributed by atoms with Gasteiger partial charge in [-0.3, -0.25) is 4.79 Å². The van der Waals surface area contributed by atoms with E-state index in [4.69, 9.17) is 17.0 Å².